The molecule has 2 aromatic rings. The number of rotatable bonds is 3. The first-order valence-corrected chi connectivity index (χ1v) is 6.69. The number of carbonyl (C=O) groups excluding carboxylic acids is 2. The van der Waals surface area contributed by atoms with Crippen molar-refractivity contribution in [2.45, 2.75) is 0 Å². The SMILES string of the molecule is Cn1c(C(=O)O)cc2c1-c1c(C(=O)O)cc(C(=O)O)nc1C(=O)C2=O. The molecule has 25 heavy (non-hydrogen) atoms. The molecular formula is C15H8N2O8. The highest BCUT2D eigenvalue weighted by atomic mass is 16.4. The van der Waals surface area contributed by atoms with Gasteiger partial charge in [0, 0.05) is 12.6 Å². The summed E-state index contributed by atoms with van der Waals surface area (Å²) in [5.74, 6) is -6.79. The molecule has 1 aliphatic carbocycles. The summed E-state index contributed by atoms with van der Waals surface area (Å²) in [4.78, 5) is 62.0. The Kier molecular flexibility index (Phi) is 3.27. The minimum Gasteiger partial charge on any atom is -0.478 e. The molecule has 2 aromatic heterocycles. The summed E-state index contributed by atoms with van der Waals surface area (Å²) in [6.45, 7) is 0. The fourth-order valence-corrected chi connectivity index (χ4v) is 2.74. The van der Waals surface area contributed by atoms with E-state index in [1.54, 1.807) is 0 Å². The van der Waals surface area contributed by atoms with Crippen LogP contribution in [0.25, 0.3) is 11.3 Å². The lowest BCUT2D eigenvalue weighted by Crippen LogP contribution is -2.26. The number of hydrogen-bond donors (Lipinski definition) is 3. The van der Waals surface area contributed by atoms with Gasteiger partial charge in [0.15, 0.2) is 0 Å². The quantitative estimate of drug-likeness (QED) is 0.675. The van der Waals surface area contributed by atoms with Gasteiger partial charge in [0.25, 0.3) is 5.78 Å². The van der Waals surface area contributed by atoms with Crippen LogP contribution >= 0.6 is 0 Å². The Balaban J connectivity index is 2.50. The van der Waals surface area contributed by atoms with Gasteiger partial charge < -0.3 is 19.9 Å². The van der Waals surface area contributed by atoms with Gasteiger partial charge in [-0.15, -0.1) is 0 Å². The maximum absolute atomic E-state index is 12.3. The zero-order chi connectivity index (χ0) is 18.6. The molecule has 0 bridgehead atoms. The van der Waals surface area contributed by atoms with Gasteiger partial charge in [-0.3, -0.25) is 9.59 Å². The molecule has 0 atom stereocenters. The lowest BCUT2D eigenvalue weighted by molar-refractivity contribution is 0.0674. The van der Waals surface area contributed by atoms with E-state index in [1.165, 1.54) is 7.05 Å². The van der Waals surface area contributed by atoms with Crippen molar-refractivity contribution in [3.63, 3.8) is 0 Å². The number of fused-ring (bicyclic) bond motifs is 3. The third-order valence-electron chi connectivity index (χ3n) is 3.82. The van der Waals surface area contributed by atoms with Gasteiger partial charge >= 0.3 is 17.9 Å². The summed E-state index contributed by atoms with van der Waals surface area (Å²) >= 11 is 0. The summed E-state index contributed by atoms with van der Waals surface area (Å²) < 4.78 is 1.05. The van der Waals surface area contributed by atoms with Gasteiger partial charge in [-0.25, -0.2) is 19.4 Å². The number of carboxylic acid groups (broad SMARTS) is 3. The molecule has 0 radical (unpaired) electrons. The van der Waals surface area contributed by atoms with Crippen LogP contribution in [0.3, 0.4) is 0 Å². The third-order valence-corrected chi connectivity index (χ3v) is 3.82. The van der Waals surface area contributed by atoms with Crippen molar-refractivity contribution < 1.29 is 39.3 Å². The largest absolute Gasteiger partial charge is 0.478 e. The molecule has 0 spiro atoms. The van der Waals surface area contributed by atoms with Crippen LogP contribution in [0.1, 0.15) is 52.2 Å². The summed E-state index contributed by atoms with van der Waals surface area (Å²) in [6.07, 6.45) is 0. The van der Waals surface area contributed by atoms with Gasteiger partial charge in [-0.2, -0.15) is 0 Å². The standard InChI is InChI=1S/C15H8N2O8/c1-17-7(15(24)25)3-5-10(17)8-4(13(20)21)2-6(14(22)23)16-9(8)12(19)11(5)18/h2-3H,1H3,(H,20,21)(H,22,23)(H,24,25). The van der Waals surface area contributed by atoms with Gasteiger partial charge in [0.05, 0.1) is 16.8 Å². The molecule has 3 N–H and O–H groups in total. The number of pyridine rings is 1. The normalized spacial score (nSPS) is 12.5. The smallest absolute Gasteiger partial charge is 0.354 e. The molecule has 1 aliphatic rings. The summed E-state index contributed by atoms with van der Waals surface area (Å²) in [7, 11) is 1.28. The van der Waals surface area contributed by atoms with Crippen molar-refractivity contribution in [2.24, 2.45) is 7.05 Å². The molecule has 0 saturated heterocycles. The van der Waals surface area contributed by atoms with E-state index in [1.807, 2.05) is 0 Å². The van der Waals surface area contributed by atoms with Crippen LogP contribution in [0.15, 0.2) is 12.1 Å². The second kappa shape index (κ2) is 5.09. The Morgan fingerprint density at radius 3 is 2.12 bits per heavy atom. The molecule has 0 aromatic carbocycles. The molecule has 3 rings (SSSR count). The van der Waals surface area contributed by atoms with Gasteiger partial charge in [0.1, 0.15) is 17.1 Å². The third kappa shape index (κ3) is 2.11. The summed E-state index contributed by atoms with van der Waals surface area (Å²) in [5, 5.41) is 27.6. The molecule has 10 nitrogen and oxygen atoms in total. The molecule has 2 heterocycles. The number of ketones is 2. The van der Waals surface area contributed by atoms with Crippen LogP contribution < -0.4 is 0 Å². The Bertz CT molecular complexity index is 1030. The summed E-state index contributed by atoms with van der Waals surface area (Å²) in [6, 6.07) is 1.72. The molecule has 0 aliphatic heterocycles. The predicted molar refractivity (Wildman–Crippen MR) is 78.2 cm³/mol. The van der Waals surface area contributed by atoms with E-state index >= 15 is 0 Å². The lowest BCUT2D eigenvalue weighted by atomic mass is 9.88. The van der Waals surface area contributed by atoms with E-state index in [-0.39, 0.29) is 22.5 Å². The van der Waals surface area contributed by atoms with Crippen LogP contribution in [-0.4, -0.2) is 54.3 Å². The minimum atomic E-state index is -1.57. The maximum Gasteiger partial charge on any atom is 0.354 e. The van der Waals surface area contributed by atoms with Gasteiger partial charge in [-0.05, 0) is 12.1 Å². The topological polar surface area (TPSA) is 164 Å². The number of aromatic carboxylic acids is 3. The number of carboxylic acids is 3. The van der Waals surface area contributed by atoms with Crippen molar-refractivity contribution in [2.75, 3.05) is 0 Å². The second-order valence-electron chi connectivity index (χ2n) is 5.20. The van der Waals surface area contributed by atoms with E-state index in [4.69, 9.17) is 5.11 Å². The fraction of sp³-hybridized carbons (Fsp3) is 0.0667. The Morgan fingerprint density at radius 2 is 1.60 bits per heavy atom. The number of carbonyl (C=O) groups is 5. The molecule has 0 amide bonds. The molecule has 0 saturated carbocycles. The van der Waals surface area contributed by atoms with Crippen molar-refractivity contribution >= 4 is 29.5 Å². The Hall–Kier alpha value is -3.82. The van der Waals surface area contributed by atoms with Crippen molar-refractivity contribution in [3.05, 3.63) is 40.3 Å². The van der Waals surface area contributed by atoms with Gasteiger partial charge in [0.2, 0.25) is 5.78 Å². The van der Waals surface area contributed by atoms with Crippen molar-refractivity contribution in [3.8, 4) is 11.3 Å². The highest BCUT2D eigenvalue weighted by molar-refractivity contribution is 6.53. The monoisotopic (exact) mass is 344 g/mol. The van der Waals surface area contributed by atoms with Crippen molar-refractivity contribution in [1.29, 1.82) is 0 Å². The molecule has 0 unspecified atom stereocenters. The van der Waals surface area contributed by atoms with E-state index in [9.17, 15) is 34.2 Å². The van der Waals surface area contributed by atoms with E-state index in [2.05, 4.69) is 4.98 Å². The first-order chi connectivity index (χ1) is 11.6. The molecule has 0 fully saturated rings. The lowest BCUT2D eigenvalue weighted by Gasteiger charge is -2.18. The molecular weight excluding hydrogens is 336 g/mol. The maximum atomic E-state index is 12.3. The van der Waals surface area contributed by atoms with Crippen LogP contribution in [0, 0.1) is 0 Å². The number of Topliss-reactive ketones (excluding diaryl/α,β-unsaturated/α-hetero) is 2. The van der Waals surface area contributed by atoms with Crippen LogP contribution in [0.5, 0.6) is 0 Å². The van der Waals surface area contributed by atoms with E-state index < -0.39 is 46.4 Å². The van der Waals surface area contributed by atoms with E-state index in [0.717, 1.165) is 16.7 Å². The average molecular weight is 344 g/mol. The number of aromatic nitrogens is 2. The molecule has 10 heteroatoms. The minimum absolute atomic E-state index is 0.112. The summed E-state index contributed by atoms with van der Waals surface area (Å²) in [5.41, 5.74) is -2.92. The average Bonchev–Trinajstić information content (AvgIpc) is 2.89. The fourth-order valence-electron chi connectivity index (χ4n) is 2.74. The Morgan fingerprint density at radius 1 is 0.960 bits per heavy atom. The van der Waals surface area contributed by atoms with Crippen molar-refractivity contribution in [1.82, 2.24) is 9.55 Å². The Labute approximate surface area is 138 Å². The predicted octanol–water partition coefficient (Wildman–Crippen LogP) is 0.561. The molecule has 126 valence electrons. The first kappa shape index (κ1) is 16.1. The van der Waals surface area contributed by atoms with E-state index in [0.29, 0.717) is 0 Å². The van der Waals surface area contributed by atoms with Crippen LogP contribution in [-0.2, 0) is 7.05 Å². The zero-order valence-corrected chi connectivity index (χ0v) is 12.4. The van der Waals surface area contributed by atoms with Gasteiger partial charge in [-0.1, -0.05) is 0 Å². The zero-order valence-electron chi connectivity index (χ0n) is 12.4. The highest BCUT2D eigenvalue weighted by Crippen LogP contribution is 2.37. The van der Waals surface area contributed by atoms with Crippen LogP contribution in [0.4, 0.5) is 0 Å². The van der Waals surface area contributed by atoms with Crippen LogP contribution in [0.2, 0.25) is 0 Å². The number of nitrogens with zero attached hydrogens (tertiary/aromatic N) is 2. The number of hydrogen-bond acceptors (Lipinski definition) is 6. The first-order valence-electron chi connectivity index (χ1n) is 6.69. The second-order valence-corrected chi connectivity index (χ2v) is 5.20. The highest BCUT2D eigenvalue weighted by Gasteiger charge is 2.39.